The molecule has 5 rings (SSSR count). The maximum absolute atomic E-state index is 12.7. The maximum atomic E-state index is 12.7. The van der Waals surface area contributed by atoms with E-state index in [0.29, 0.717) is 41.5 Å². The second kappa shape index (κ2) is 15.9. The number of hydrogen-bond donors (Lipinski definition) is 5. The summed E-state index contributed by atoms with van der Waals surface area (Å²) in [6.07, 6.45) is 12.1. The summed E-state index contributed by atoms with van der Waals surface area (Å²) in [5, 5.41) is 17.3. The van der Waals surface area contributed by atoms with Crippen molar-refractivity contribution in [2.75, 3.05) is 13.1 Å². The number of carbonyl (C=O) groups excluding carboxylic acids is 1. The van der Waals surface area contributed by atoms with Crippen LogP contribution in [-0.4, -0.2) is 59.6 Å². The van der Waals surface area contributed by atoms with Crippen molar-refractivity contribution in [1.29, 1.82) is 0 Å². The van der Waals surface area contributed by atoms with Crippen LogP contribution in [0.1, 0.15) is 67.6 Å². The first kappa shape index (κ1) is 34.1. The quantitative estimate of drug-likeness (QED) is 0.119. The summed E-state index contributed by atoms with van der Waals surface area (Å²) < 4.78 is 1.54. The summed E-state index contributed by atoms with van der Waals surface area (Å²) in [5.74, 6) is 6.27. The highest BCUT2D eigenvalue weighted by molar-refractivity contribution is 5.93. The molecule has 47 heavy (non-hydrogen) atoms. The highest BCUT2D eigenvalue weighted by atomic mass is 16.3. The van der Waals surface area contributed by atoms with E-state index in [1.807, 2.05) is 12.1 Å². The zero-order chi connectivity index (χ0) is 33.9. The van der Waals surface area contributed by atoms with Crippen LogP contribution in [0, 0.1) is 17.8 Å². The van der Waals surface area contributed by atoms with Crippen LogP contribution in [0.5, 0.6) is 5.75 Å². The summed E-state index contributed by atoms with van der Waals surface area (Å²) in [6, 6.07) is 11.6. The highest BCUT2D eigenvalue weighted by Crippen LogP contribution is 2.30. The van der Waals surface area contributed by atoms with Crippen LogP contribution in [0.15, 0.2) is 90.8 Å². The van der Waals surface area contributed by atoms with Gasteiger partial charge in [-0.15, -0.1) is 0 Å². The van der Waals surface area contributed by atoms with Crippen LogP contribution in [0.3, 0.4) is 0 Å². The Morgan fingerprint density at radius 3 is 2.64 bits per heavy atom. The van der Waals surface area contributed by atoms with E-state index in [1.165, 1.54) is 10.9 Å². The molecule has 0 aliphatic carbocycles. The molecule has 12 nitrogen and oxygen atoms in total. The summed E-state index contributed by atoms with van der Waals surface area (Å²) in [5.41, 5.74) is 21.6. The first-order valence-electron chi connectivity index (χ1n) is 15.5. The topological polar surface area (TPSA) is 187 Å². The monoisotopic (exact) mass is 634 g/mol. The molecule has 0 saturated heterocycles. The molecule has 4 heterocycles. The highest BCUT2D eigenvalue weighted by Gasteiger charge is 2.25. The fraction of sp³-hybridized carbons (Fsp3) is 0.286. The van der Waals surface area contributed by atoms with E-state index in [4.69, 9.17) is 22.2 Å². The number of nitrogens with one attached hydrogen (secondary N) is 1. The van der Waals surface area contributed by atoms with Crippen molar-refractivity contribution in [2.24, 2.45) is 23.1 Å². The molecule has 8 N–H and O–H groups in total. The number of para-hydroxylation sites is 1. The number of amides is 1. The molecule has 0 fully saturated rings. The van der Waals surface area contributed by atoms with E-state index in [-0.39, 0.29) is 35.0 Å². The van der Waals surface area contributed by atoms with E-state index in [9.17, 15) is 9.90 Å². The van der Waals surface area contributed by atoms with Gasteiger partial charge in [-0.1, -0.05) is 57.4 Å². The average Bonchev–Trinajstić information content (AvgIpc) is 3.40. The molecule has 12 heteroatoms. The van der Waals surface area contributed by atoms with Crippen LogP contribution < -0.4 is 22.5 Å². The molecule has 1 aliphatic rings. The number of hydrogen-bond acceptors (Lipinski definition) is 10. The van der Waals surface area contributed by atoms with Gasteiger partial charge in [-0.25, -0.2) is 19.5 Å². The maximum Gasteiger partial charge on any atom is 0.272 e. The molecule has 3 unspecified atom stereocenters. The van der Waals surface area contributed by atoms with Gasteiger partial charge >= 0.3 is 0 Å². The Labute approximate surface area is 275 Å². The number of rotatable bonds is 6. The molecule has 3 atom stereocenters. The number of benzene rings is 1. The van der Waals surface area contributed by atoms with Gasteiger partial charge in [-0.05, 0) is 49.1 Å². The number of fused-ring (bicyclic) bond motifs is 1. The molecule has 1 amide bonds. The minimum Gasteiger partial charge on any atom is -0.507 e. The van der Waals surface area contributed by atoms with Gasteiger partial charge in [-0.3, -0.25) is 4.79 Å². The van der Waals surface area contributed by atoms with Crippen molar-refractivity contribution in [2.45, 2.75) is 46.1 Å². The Morgan fingerprint density at radius 1 is 1.15 bits per heavy atom. The Morgan fingerprint density at radius 2 is 1.91 bits per heavy atom. The molecule has 1 aromatic carbocycles. The van der Waals surface area contributed by atoms with Crippen LogP contribution in [0.2, 0.25) is 0 Å². The Bertz CT molecular complexity index is 1810. The lowest BCUT2D eigenvalue weighted by Gasteiger charge is -2.29. The second-order valence-electron chi connectivity index (χ2n) is 11.2. The van der Waals surface area contributed by atoms with Crippen molar-refractivity contribution >= 4 is 17.3 Å². The van der Waals surface area contributed by atoms with Crippen molar-refractivity contribution in [3.05, 3.63) is 114 Å². The standard InChI is InChI=1S/C32H34N10O2.C3H8/c1-20-19-41(27(31(34)35)17-24(33)23-7-3-4-9-28(23)43)15-5-8-22(20)25-12-14-36-29(39-25)11-10-21(2)38-32(44)26-18-30-37-13-6-16-42(30)40-26;1-3-2/h3-9,12-14,16-18,20-22,43H,15,19,33-35H2,1-2H3,(H,38,44);3H2,1-2H3/b24-17-;. The fourth-order valence-electron chi connectivity index (χ4n) is 4.99. The van der Waals surface area contributed by atoms with E-state index in [0.717, 1.165) is 5.69 Å². The molecule has 4 aromatic rings. The summed E-state index contributed by atoms with van der Waals surface area (Å²) in [7, 11) is 0. The van der Waals surface area contributed by atoms with Gasteiger partial charge in [0.25, 0.3) is 5.91 Å². The van der Waals surface area contributed by atoms with Gasteiger partial charge in [0.2, 0.25) is 5.82 Å². The Balaban J connectivity index is 0.00000160. The first-order valence-corrected chi connectivity index (χ1v) is 15.5. The predicted molar refractivity (Wildman–Crippen MR) is 183 cm³/mol. The van der Waals surface area contributed by atoms with Crippen molar-refractivity contribution in [1.82, 2.24) is 34.8 Å². The second-order valence-corrected chi connectivity index (χ2v) is 11.2. The van der Waals surface area contributed by atoms with E-state index < -0.39 is 6.04 Å². The van der Waals surface area contributed by atoms with Crippen LogP contribution >= 0.6 is 0 Å². The third-order valence-electron chi connectivity index (χ3n) is 7.17. The van der Waals surface area contributed by atoms with Crippen LogP contribution in [0.4, 0.5) is 0 Å². The summed E-state index contributed by atoms with van der Waals surface area (Å²) in [6.45, 7) is 9.31. The smallest absolute Gasteiger partial charge is 0.272 e. The van der Waals surface area contributed by atoms with Gasteiger partial charge in [0.05, 0.1) is 17.4 Å². The fourth-order valence-corrected chi connectivity index (χ4v) is 4.99. The summed E-state index contributed by atoms with van der Waals surface area (Å²) >= 11 is 0. The number of carbonyl (C=O) groups is 1. The SMILES string of the molecule is CC(C#Cc1nccc(C2C=CCN(C(/C=C(\N)c3ccccc3O)=C(N)N)CC2C)n1)NC(=O)c1cc2ncccn2n1.CCC. The lowest BCUT2D eigenvalue weighted by molar-refractivity contribution is 0.0942. The number of aromatic nitrogens is 5. The van der Waals surface area contributed by atoms with Gasteiger partial charge in [0, 0.05) is 54.9 Å². The molecule has 0 saturated carbocycles. The molecule has 3 aromatic heterocycles. The van der Waals surface area contributed by atoms with E-state index in [2.05, 4.69) is 64.0 Å². The number of nitrogens with zero attached hydrogens (tertiary/aromatic N) is 6. The lowest BCUT2D eigenvalue weighted by Crippen LogP contribution is -2.32. The minimum absolute atomic E-state index is 0.0240. The molecule has 0 spiro atoms. The number of nitrogens with two attached hydrogens (primary N) is 3. The van der Waals surface area contributed by atoms with Crippen LogP contribution in [-0.2, 0) is 0 Å². The van der Waals surface area contributed by atoms with Crippen LogP contribution in [0.25, 0.3) is 11.3 Å². The van der Waals surface area contributed by atoms with Gasteiger partial charge in [-0.2, -0.15) is 5.10 Å². The average molecular weight is 635 g/mol. The number of allylic oxidation sites excluding steroid dienone is 2. The predicted octanol–water partition coefficient (Wildman–Crippen LogP) is 3.49. The zero-order valence-electron chi connectivity index (χ0n) is 27.1. The summed E-state index contributed by atoms with van der Waals surface area (Å²) in [4.78, 5) is 27.9. The largest absolute Gasteiger partial charge is 0.507 e. The van der Waals surface area contributed by atoms with Crippen molar-refractivity contribution in [3.63, 3.8) is 0 Å². The van der Waals surface area contributed by atoms with E-state index >= 15 is 0 Å². The lowest BCUT2D eigenvalue weighted by atomic mass is 9.90. The third kappa shape index (κ3) is 8.88. The molecule has 0 radical (unpaired) electrons. The van der Waals surface area contributed by atoms with Gasteiger partial charge < -0.3 is 32.5 Å². The molecular weight excluding hydrogens is 592 g/mol. The van der Waals surface area contributed by atoms with Gasteiger partial charge in [0.1, 0.15) is 11.6 Å². The Hall–Kier alpha value is -5.83. The number of phenolic OH excluding ortho intramolecular Hbond substituents is 1. The molecular formula is C35H42N10O2. The number of phenols is 1. The van der Waals surface area contributed by atoms with E-state index in [1.54, 1.807) is 68.0 Å². The number of aromatic hydroxyl groups is 1. The molecule has 1 aliphatic heterocycles. The molecule has 0 bridgehead atoms. The normalized spacial score (nSPS) is 16.6. The van der Waals surface area contributed by atoms with Crippen molar-refractivity contribution in [3.8, 4) is 17.6 Å². The Kier molecular flexibility index (Phi) is 11.6. The van der Waals surface area contributed by atoms with Crippen molar-refractivity contribution < 1.29 is 9.90 Å². The van der Waals surface area contributed by atoms with Gasteiger partial charge in [0.15, 0.2) is 11.3 Å². The molecule has 244 valence electrons. The minimum atomic E-state index is -0.469. The zero-order valence-corrected chi connectivity index (χ0v) is 27.1. The first-order chi connectivity index (χ1) is 22.6. The third-order valence-corrected chi connectivity index (χ3v) is 7.17.